The zero-order valence-corrected chi connectivity index (χ0v) is 12.5. The molecule has 20 heavy (non-hydrogen) atoms. The van der Waals surface area contributed by atoms with E-state index in [0.29, 0.717) is 6.54 Å². The largest absolute Gasteiger partial charge is 0.454 e. The van der Waals surface area contributed by atoms with Crippen molar-refractivity contribution in [3.05, 3.63) is 23.8 Å². The molecule has 0 aliphatic carbocycles. The molecule has 0 saturated heterocycles. The van der Waals surface area contributed by atoms with Crippen molar-refractivity contribution in [1.29, 1.82) is 0 Å². The molecule has 1 aromatic carbocycles. The Labute approximate surface area is 119 Å². The summed E-state index contributed by atoms with van der Waals surface area (Å²) in [4.78, 5) is 0. The van der Waals surface area contributed by atoms with Gasteiger partial charge in [-0.3, -0.25) is 0 Å². The Hall–Kier alpha value is -1.31. The van der Waals surface area contributed by atoms with Crippen molar-refractivity contribution < 1.29 is 17.9 Å². The number of sulfonamides is 1. The van der Waals surface area contributed by atoms with E-state index in [1.165, 1.54) is 0 Å². The molecule has 1 aromatic rings. The highest BCUT2D eigenvalue weighted by Crippen LogP contribution is 2.34. The van der Waals surface area contributed by atoms with E-state index in [1.807, 2.05) is 18.2 Å². The second-order valence-electron chi connectivity index (χ2n) is 4.81. The Morgan fingerprint density at radius 1 is 1.25 bits per heavy atom. The maximum Gasteiger partial charge on any atom is 0.231 e. The Balaban J connectivity index is 1.76. The van der Waals surface area contributed by atoms with Crippen molar-refractivity contribution in [2.75, 3.05) is 26.1 Å². The van der Waals surface area contributed by atoms with Crippen LogP contribution in [0.1, 0.15) is 24.9 Å². The fourth-order valence-electron chi connectivity index (χ4n) is 1.96. The van der Waals surface area contributed by atoms with Gasteiger partial charge < -0.3 is 14.8 Å². The summed E-state index contributed by atoms with van der Waals surface area (Å²) in [6, 6.07) is 6.04. The van der Waals surface area contributed by atoms with Gasteiger partial charge >= 0.3 is 0 Å². The molecular weight excluding hydrogens is 280 g/mol. The van der Waals surface area contributed by atoms with E-state index >= 15 is 0 Å². The smallest absolute Gasteiger partial charge is 0.231 e. The highest BCUT2D eigenvalue weighted by Gasteiger charge is 2.15. The molecule has 0 aromatic heterocycles. The van der Waals surface area contributed by atoms with Gasteiger partial charge in [0, 0.05) is 12.6 Å². The van der Waals surface area contributed by atoms with Gasteiger partial charge in [-0.25, -0.2) is 13.1 Å². The zero-order chi connectivity index (χ0) is 14.6. The molecule has 0 amide bonds. The van der Waals surface area contributed by atoms with Crippen molar-refractivity contribution in [1.82, 2.24) is 10.0 Å². The minimum Gasteiger partial charge on any atom is -0.454 e. The number of hydrogen-bond acceptors (Lipinski definition) is 5. The number of nitrogens with one attached hydrogen (secondary N) is 2. The molecule has 112 valence electrons. The number of ether oxygens (including phenoxy) is 2. The van der Waals surface area contributed by atoms with E-state index in [9.17, 15) is 8.42 Å². The van der Waals surface area contributed by atoms with Gasteiger partial charge in [-0.05, 0) is 37.6 Å². The molecule has 2 N–H and O–H groups in total. The van der Waals surface area contributed by atoms with Crippen LogP contribution in [0.15, 0.2) is 18.2 Å². The molecular formula is C13H20N2O4S. The number of hydrogen-bond donors (Lipinski definition) is 2. The van der Waals surface area contributed by atoms with Crippen LogP contribution >= 0.6 is 0 Å². The lowest BCUT2D eigenvalue weighted by Gasteiger charge is -2.14. The molecule has 0 saturated carbocycles. The third-order valence-electron chi connectivity index (χ3n) is 3.06. The predicted molar refractivity (Wildman–Crippen MR) is 76.4 cm³/mol. The molecule has 0 bridgehead atoms. The molecule has 1 aliphatic rings. The first kappa shape index (κ1) is 15.1. The summed E-state index contributed by atoms with van der Waals surface area (Å²) in [6.45, 7) is 3.51. The highest BCUT2D eigenvalue weighted by atomic mass is 32.2. The molecule has 2 rings (SSSR count). The van der Waals surface area contributed by atoms with Crippen LogP contribution in [0.3, 0.4) is 0 Å². The second kappa shape index (κ2) is 6.43. The van der Waals surface area contributed by atoms with E-state index in [2.05, 4.69) is 17.0 Å². The van der Waals surface area contributed by atoms with Crippen molar-refractivity contribution in [3.63, 3.8) is 0 Å². The maximum atomic E-state index is 10.9. The lowest BCUT2D eigenvalue weighted by molar-refractivity contribution is 0.174. The van der Waals surface area contributed by atoms with Crippen molar-refractivity contribution in [2.24, 2.45) is 0 Å². The summed E-state index contributed by atoms with van der Waals surface area (Å²) in [5, 5.41) is 3.35. The highest BCUT2D eigenvalue weighted by molar-refractivity contribution is 7.88. The van der Waals surface area contributed by atoms with E-state index in [-0.39, 0.29) is 12.8 Å². The average Bonchev–Trinajstić information content (AvgIpc) is 2.83. The van der Waals surface area contributed by atoms with Crippen LogP contribution in [-0.4, -0.2) is 34.6 Å². The first-order valence-corrected chi connectivity index (χ1v) is 8.42. The second-order valence-corrected chi connectivity index (χ2v) is 6.64. The standard InChI is InChI=1S/C13H20N2O4S/c1-10(14-6-3-7-15-20(2,16)17)11-4-5-12-13(8-11)19-9-18-12/h4-5,8,10,14-15H,3,6-7,9H2,1-2H3. The van der Waals surface area contributed by atoms with Crippen molar-refractivity contribution in [3.8, 4) is 11.5 Å². The predicted octanol–water partition coefficient (Wildman–Crippen LogP) is 1.01. The first-order valence-electron chi connectivity index (χ1n) is 6.53. The third kappa shape index (κ3) is 4.36. The monoisotopic (exact) mass is 300 g/mol. The van der Waals surface area contributed by atoms with E-state index in [0.717, 1.165) is 36.3 Å². The summed E-state index contributed by atoms with van der Waals surface area (Å²) in [5.74, 6) is 1.55. The van der Waals surface area contributed by atoms with Crippen LogP contribution < -0.4 is 19.5 Å². The fraction of sp³-hybridized carbons (Fsp3) is 0.538. The fourth-order valence-corrected chi connectivity index (χ4v) is 2.48. The summed E-state index contributed by atoms with van der Waals surface area (Å²) in [5.41, 5.74) is 1.12. The molecule has 1 atom stereocenters. The van der Waals surface area contributed by atoms with E-state index in [4.69, 9.17) is 9.47 Å². The van der Waals surface area contributed by atoms with Crippen LogP contribution in [0.25, 0.3) is 0 Å². The van der Waals surface area contributed by atoms with Crippen LogP contribution in [0.5, 0.6) is 11.5 Å². The molecule has 0 fully saturated rings. The lowest BCUT2D eigenvalue weighted by atomic mass is 10.1. The quantitative estimate of drug-likeness (QED) is 0.735. The average molecular weight is 300 g/mol. The van der Waals surface area contributed by atoms with Crippen LogP contribution in [-0.2, 0) is 10.0 Å². The summed E-state index contributed by atoms with van der Waals surface area (Å²) < 4.78 is 34.9. The number of fused-ring (bicyclic) bond motifs is 1. The summed E-state index contributed by atoms with van der Waals surface area (Å²) in [6.07, 6.45) is 1.90. The number of benzene rings is 1. The zero-order valence-electron chi connectivity index (χ0n) is 11.7. The number of rotatable bonds is 7. The summed E-state index contributed by atoms with van der Waals surface area (Å²) in [7, 11) is -3.09. The molecule has 1 aliphatic heterocycles. The van der Waals surface area contributed by atoms with Gasteiger partial charge in [-0.1, -0.05) is 6.07 Å². The first-order chi connectivity index (χ1) is 9.46. The van der Waals surface area contributed by atoms with Crippen molar-refractivity contribution in [2.45, 2.75) is 19.4 Å². The van der Waals surface area contributed by atoms with Gasteiger partial charge in [0.25, 0.3) is 0 Å². The lowest BCUT2D eigenvalue weighted by Crippen LogP contribution is -2.27. The van der Waals surface area contributed by atoms with Gasteiger partial charge in [-0.15, -0.1) is 0 Å². The SMILES string of the molecule is CC(NCCCNS(C)(=O)=O)c1ccc2c(c1)OCO2. The molecule has 1 heterocycles. The van der Waals surface area contributed by atoms with Gasteiger partial charge in [0.2, 0.25) is 16.8 Å². The van der Waals surface area contributed by atoms with E-state index in [1.54, 1.807) is 0 Å². The molecule has 7 heteroatoms. The molecule has 0 spiro atoms. The van der Waals surface area contributed by atoms with Gasteiger partial charge in [0.15, 0.2) is 11.5 Å². The van der Waals surface area contributed by atoms with Crippen LogP contribution in [0.2, 0.25) is 0 Å². The van der Waals surface area contributed by atoms with Gasteiger partial charge in [0.1, 0.15) is 0 Å². The normalized spacial score (nSPS) is 15.3. The Morgan fingerprint density at radius 2 is 2.00 bits per heavy atom. The molecule has 6 nitrogen and oxygen atoms in total. The minimum atomic E-state index is -3.09. The Morgan fingerprint density at radius 3 is 2.75 bits per heavy atom. The molecule has 1 unspecified atom stereocenters. The maximum absolute atomic E-state index is 10.9. The van der Waals surface area contributed by atoms with E-state index < -0.39 is 10.0 Å². The van der Waals surface area contributed by atoms with Gasteiger partial charge in [-0.2, -0.15) is 0 Å². The summed E-state index contributed by atoms with van der Waals surface area (Å²) >= 11 is 0. The third-order valence-corrected chi connectivity index (χ3v) is 3.79. The van der Waals surface area contributed by atoms with Gasteiger partial charge in [0.05, 0.1) is 6.26 Å². The topological polar surface area (TPSA) is 76.7 Å². The minimum absolute atomic E-state index is 0.169. The van der Waals surface area contributed by atoms with Crippen LogP contribution in [0.4, 0.5) is 0 Å². The molecule has 0 radical (unpaired) electrons. The van der Waals surface area contributed by atoms with Crippen molar-refractivity contribution >= 4 is 10.0 Å². The Bertz CT molecular complexity index is 559. The van der Waals surface area contributed by atoms with Crippen LogP contribution in [0, 0.1) is 0 Å². The Kier molecular flexibility index (Phi) is 4.85.